The lowest BCUT2D eigenvalue weighted by atomic mass is 10.1. The van der Waals surface area contributed by atoms with Crippen LogP contribution in [0, 0.1) is 0 Å². The van der Waals surface area contributed by atoms with E-state index >= 15 is 0 Å². The molecule has 106 valence electrons. The highest BCUT2D eigenvalue weighted by atomic mass is 16.2. The van der Waals surface area contributed by atoms with E-state index in [2.05, 4.69) is 15.7 Å². The zero-order valence-electron chi connectivity index (χ0n) is 11.7. The molecular weight excluding hydrogens is 264 g/mol. The van der Waals surface area contributed by atoms with Crippen molar-refractivity contribution in [2.75, 3.05) is 0 Å². The number of benzene rings is 2. The average Bonchev–Trinajstić information content (AvgIpc) is 2.90. The van der Waals surface area contributed by atoms with E-state index in [1.807, 2.05) is 55.5 Å². The van der Waals surface area contributed by atoms with Gasteiger partial charge in [-0.2, -0.15) is 15.2 Å². The van der Waals surface area contributed by atoms with E-state index in [-0.39, 0.29) is 18.2 Å². The molecule has 5 nitrogen and oxygen atoms in total. The maximum Gasteiger partial charge on any atom is 0.265 e. The molecule has 0 saturated carbocycles. The SMILES string of the molecule is CC1N=NC(c2ccccc2)N1NC(=O)c1ccccc1. The molecule has 1 N–H and O–H groups in total. The summed E-state index contributed by atoms with van der Waals surface area (Å²) >= 11 is 0. The standard InChI is InChI=1S/C16H16N4O/c1-12-17-18-15(13-8-4-2-5-9-13)20(12)19-16(21)14-10-6-3-7-11-14/h2-12,15H,1H3,(H,19,21). The molecule has 2 unspecified atom stereocenters. The second-order valence-corrected chi connectivity index (χ2v) is 4.86. The highest BCUT2D eigenvalue weighted by Crippen LogP contribution is 2.28. The van der Waals surface area contributed by atoms with Crippen molar-refractivity contribution in [1.29, 1.82) is 0 Å². The number of rotatable bonds is 3. The fourth-order valence-electron chi connectivity index (χ4n) is 2.25. The Kier molecular flexibility index (Phi) is 3.75. The monoisotopic (exact) mass is 280 g/mol. The van der Waals surface area contributed by atoms with Gasteiger partial charge in [-0.25, -0.2) is 0 Å². The molecule has 0 bridgehead atoms. The van der Waals surface area contributed by atoms with Crippen LogP contribution in [0.25, 0.3) is 0 Å². The molecule has 3 rings (SSSR count). The summed E-state index contributed by atoms with van der Waals surface area (Å²) in [5, 5.41) is 10.2. The second-order valence-electron chi connectivity index (χ2n) is 4.86. The van der Waals surface area contributed by atoms with Crippen LogP contribution in [0.1, 0.15) is 29.0 Å². The molecule has 1 heterocycles. The van der Waals surface area contributed by atoms with Gasteiger partial charge in [0, 0.05) is 5.56 Å². The molecule has 0 spiro atoms. The molecule has 1 aliphatic heterocycles. The number of nitrogens with one attached hydrogen (secondary N) is 1. The van der Waals surface area contributed by atoms with Gasteiger partial charge in [-0.05, 0) is 24.6 Å². The van der Waals surface area contributed by atoms with Gasteiger partial charge in [-0.15, -0.1) is 0 Å². The van der Waals surface area contributed by atoms with E-state index in [0.717, 1.165) is 5.56 Å². The quantitative estimate of drug-likeness (QED) is 0.939. The number of azo groups is 1. The summed E-state index contributed by atoms with van der Waals surface area (Å²) in [5.41, 5.74) is 4.51. The number of carbonyl (C=O) groups excluding carboxylic acids is 1. The van der Waals surface area contributed by atoms with Gasteiger partial charge in [0.2, 0.25) is 0 Å². The summed E-state index contributed by atoms with van der Waals surface area (Å²) < 4.78 is 0. The van der Waals surface area contributed by atoms with Crippen LogP contribution in [0.2, 0.25) is 0 Å². The highest BCUT2D eigenvalue weighted by Gasteiger charge is 2.31. The summed E-state index contributed by atoms with van der Waals surface area (Å²) in [6.45, 7) is 1.90. The summed E-state index contributed by atoms with van der Waals surface area (Å²) in [7, 11) is 0. The lowest BCUT2D eigenvalue weighted by molar-refractivity contribution is 0.0660. The Balaban J connectivity index is 1.79. The van der Waals surface area contributed by atoms with Crippen molar-refractivity contribution in [3.05, 3.63) is 71.8 Å². The van der Waals surface area contributed by atoms with Gasteiger partial charge in [-0.3, -0.25) is 10.2 Å². The highest BCUT2D eigenvalue weighted by molar-refractivity contribution is 5.93. The molecule has 0 fully saturated rings. The van der Waals surface area contributed by atoms with Gasteiger partial charge in [0.05, 0.1) is 0 Å². The number of hydrazine groups is 1. The van der Waals surface area contributed by atoms with Gasteiger partial charge in [0.1, 0.15) is 6.17 Å². The molecule has 2 atom stereocenters. The molecule has 21 heavy (non-hydrogen) atoms. The van der Waals surface area contributed by atoms with Crippen LogP contribution >= 0.6 is 0 Å². The average molecular weight is 280 g/mol. The Morgan fingerprint density at radius 2 is 1.62 bits per heavy atom. The van der Waals surface area contributed by atoms with Crippen molar-refractivity contribution in [2.24, 2.45) is 10.2 Å². The van der Waals surface area contributed by atoms with Crippen LogP contribution in [0.3, 0.4) is 0 Å². The molecule has 2 aromatic carbocycles. The minimum Gasteiger partial charge on any atom is -0.280 e. The van der Waals surface area contributed by atoms with Crippen molar-refractivity contribution in [2.45, 2.75) is 19.3 Å². The molecule has 1 amide bonds. The van der Waals surface area contributed by atoms with Gasteiger partial charge >= 0.3 is 0 Å². The first-order chi connectivity index (χ1) is 10.3. The number of hydrogen-bond donors (Lipinski definition) is 1. The largest absolute Gasteiger partial charge is 0.280 e. The number of amides is 1. The third kappa shape index (κ3) is 2.83. The third-order valence-electron chi connectivity index (χ3n) is 3.37. The zero-order chi connectivity index (χ0) is 14.7. The fourth-order valence-corrected chi connectivity index (χ4v) is 2.25. The van der Waals surface area contributed by atoms with Crippen LogP contribution in [-0.4, -0.2) is 17.1 Å². The fraction of sp³-hybridized carbons (Fsp3) is 0.188. The molecular formula is C16H16N4O. The molecule has 0 saturated heterocycles. The van der Waals surface area contributed by atoms with Crippen LogP contribution in [-0.2, 0) is 0 Å². The van der Waals surface area contributed by atoms with Crippen molar-refractivity contribution in [1.82, 2.24) is 10.4 Å². The second kappa shape index (κ2) is 5.85. The molecule has 0 radical (unpaired) electrons. The Labute approximate surface area is 123 Å². The van der Waals surface area contributed by atoms with E-state index in [0.29, 0.717) is 5.56 Å². The molecule has 1 aliphatic rings. The summed E-state index contributed by atoms with van der Waals surface area (Å²) in [6.07, 6.45) is -0.475. The molecule has 0 aliphatic carbocycles. The minimum absolute atomic E-state index is 0.157. The maximum absolute atomic E-state index is 12.3. The summed E-state index contributed by atoms with van der Waals surface area (Å²) in [4.78, 5) is 12.3. The van der Waals surface area contributed by atoms with Crippen LogP contribution in [0.15, 0.2) is 70.9 Å². The van der Waals surface area contributed by atoms with E-state index in [1.54, 1.807) is 17.1 Å². The smallest absolute Gasteiger partial charge is 0.265 e. The lowest BCUT2D eigenvalue weighted by Crippen LogP contribution is -2.45. The number of nitrogens with zero attached hydrogens (tertiary/aromatic N) is 3. The van der Waals surface area contributed by atoms with Crippen LogP contribution < -0.4 is 5.43 Å². The zero-order valence-corrected chi connectivity index (χ0v) is 11.7. The van der Waals surface area contributed by atoms with Crippen LogP contribution in [0.5, 0.6) is 0 Å². The topological polar surface area (TPSA) is 57.1 Å². The summed E-state index contributed by atoms with van der Waals surface area (Å²) in [6, 6.07) is 18.9. The Morgan fingerprint density at radius 3 is 2.29 bits per heavy atom. The molecule has 2 aromatic rings. The minimum atomic E-state index is -0.283. The van der Waals surface area contributed by atoms with E-state index in [1.165, 1.54) is 0 Å². The van der Waals surface area contributed by atoms with E-state index in [9.17, 15) is 4.79 Å². The van der Waals surface area contributed by atoms with Crippen LogP contribution in [0.4, 0.5) is 0 Å². The van der Waals surface area contributed by atoms with Crippen molar-refractivity contribution >= 4 is 5.91 Å². The molecule has 0 aromatic heterocycles. The van der Waals surface area contributed by atoms with Crippen molar-refractivity contribution in [3.8, 4) is 0 Å². The van der Waals surface area contributed by atoms with Crippen molar-refractivity contribution < 1.29 is 4.79 Å². The van der Waals surface area contributed by atoms with Gasteiger partial charge in [0.25, 0.3) is 5.91 Å². The number of hydrogen-bond acceptors (Lipinski definition) is 4. The van der Waals surface area contributed by atoms with E-state index < -0.39 is 0 Å². The first-order valence-corrected chi connectivity index (χ1v) is 6.85. The summed E-state index contributed by atoms with van der Waals surface area (Å²) in [5.74, 6) is -0.157. The third-order valence-corrected chi connectivity index (χ3v) is 3.37. The molecule has 5 heteroatoms. The van der Waals surface area contributed by atoms with Gasteiger partial charge in [-0.1, -0.05) is 48.5 Å². The normalized spacial score (nSPS) is 21.4. The van der Waals surface area contributed by atoms with Crippen molar-refractivity contribution in [3.63, 3.8) is 0 Å². The Hall–Kier alpha value is -2.53. The Bertz CT molecular complexity index is 642. The first-order valence-electron chi connectivity index (χ1n) is 6.85. The lowest BCUT2D eigenvalue weighted by Gasteiger charge is -2.25. The first kappa shape index (κ1) is 13.5. The predicted octanol–water partition coefficient (Wildman–Crippen LogP) is 3.14. The predicted molar refractivity (Wildman–Crippen MR) is 79.2 cm³/mol. The van der Waals surface area contributed by atoms with Gasteiger partial charge < -0.3 is 0 Å². The van der Waals surface area contributed by atoms with E-state index in [4.69, 9.17) is 0 Å². The van der Waals surface area contributed by atoms with Gasteiger partial charge in [0.15, 0.2) is 6.17 Å². The number of carbonyl (C=O) groups is 1. The maximum atomic E-state index is 12.3. The Morgan fingerprint density at radius 1 is 1.00 bits per heavy atom.